The highest BCUT2D eigenvalue weighted by molar-refractivity contribution is 5.58. The van der Waals surface area contributed by atoms with Gasteiger partial charge in [0.15, 0.2) is 5.82 Å². The minimum atomic E-state index is 0.265. The molecule has 88 valence electrons. The van der Waals surface area contributed by atoms with Crippen LogP contribution in [0.25, 0.3) is 11.4 Å². The van der Waals surface area contributed by atoms with Gasteiger partial charge in [-0.05, 0) is 25.0 Å². The van der Waals surface area contributed by atoms with E-state index in [9.17, 15) is 0 Å². The first-order chi connectivity index (χ1) is 8.20. The van der Waals surface area contributed by atoms with Crippen molar-refractivity contribution in [3.05, 3.63) is 29.8 Å². The predicted molar refractivity (Wildman–Crippen MR) is 66.2 cm³/mol. The maximum absolute atomic E-state index is 5.69. The van der Waals surface area contributed by atoms with E-state index in [4.69, 9.17) is 5.73 Å². The van der Waals surface area contributed by atoms with Gasteiger partial charge in [0, 0.05) is 24.4 Å². The summed E-state index contributed by atoms with van der Waals surface area (Å²) in [5.74, 6) is 1.60. The van der Waals surface area contributed by atoms with Crippen molar-refractivity contribution in [3.63, 3.8) is 0 Å². The molecule has 2 heterocycles. The predicted octanol–water partition coefficient (Wildman–Crippen LogP) is 1.78. The van der Waals surface area contributed by atoms with E-state index in [1.165, 1.54) is 0 Å². The zero-order valence-corrected chi connectivity index (χ0v) is 10.0. The van der Waals surface area contributed by atoms with Gasteiger partial charge in [0.2, 0.25) is 5.95 Å². The summed E-state index contributed by atoms with van der Waals surface area (Å²) in [5.41, 5.74) is 7.67. The normalized spacial score (nSPS) is 10.5. The van der Waals surface area contributed by atoms with Gasteiger partial charge in [0.05, 0.1) is 0 Å². The number of pyridine rings is 1. The third-order valence-corrected chi connectivity index (χ3v) is 2.45. The molecule has 0 saturated heterocycles. The molecule has 2 aromatic rings. The molecular weight excluding hydrogens is 214 g/mol. The van der Waals surface area contributed by atoms with Crippen LogP contribution < -0.4 is 5.73 Å². The molecule has 0 saturated carbocycles. The average Bonchev–Trinajstić information content (AvgIpc) is 2.29. The van der Waals surface area contributed by atoms with E-state index < -0.39 is 0 Å². The Bertz CT molecular complexity index is 524. The molecule has 0 bridgehead atoms. The van der Waals surface area contributed by atoms with Crippen LogP contribution in [0.1, 0.15) is 24.7 Å². The lowest BCUT2D eigenvalue weighted by Gasteiger charge is -2.06. The third-order valence-electron chi connectivity index (χ3n) is 2.45. The number of nitrogens with zero attached hydrogens (tertiary/aromatic N) is 4. The summed E-state index contributed by atoms with van der Waals surface area (Å²) in [6, 6.07) is 1.93. The van der Waals surface area contributed by atoms with Crippen molar-refractivity contribution in [1.82, 2.24) is 19.9 Å². The van der Waals surface area contributed by atoms with Crippen LogP contribution in [0.4, 0.5) is 5.95 Å². The van der Waals surface area contributed by atoms with Gasteiger partial charge in [-0.25, -0.2) is 4.98 Å². The van der Waals surface area contributed by atoms with Gasteiger partial charge in [-0.2, -0.15) is 9.97 Å². The molecule has 2 N–H and O–H groups in total. The molecule has 5 heteroatoms. The van der Waals surface area contributed by atoms with Crippen LogP contribution in [-0.4, -0.2) is 19.9 Å². The van der Waals surface area contributed by atoms with E-state index in [2.05, 4.69) is 26.9 Å². The molecule has 0 aliphatic heterocycles. The second-order valence-electron chi connectivity index (χ2n) is 3.87. The summed E-state index contributed by atoms with van der Waals surface area (Å²) in [4.78, 5) is 16.8. The van der Waals surface area contributed by atoms with Gasteiger partial charge in [-0.1, -0.05) is 6.92 Å². The van der Waals surface area contributed by atoms with Crippen molar-refractivity contribution in [2.45, 2.75) is 26.7 Å². The molecule has 5 nitrogen and oxygen atoms in total. The lowest BCUT2D eigenvalue weighted by Crippen LogP contribution is -2.05. The van der Waals surface area contributed by atoms with E-state index in [0.29, 0.717) is 5.82 Å². The average molecular weight is 229 g/mol. The highest BCUT2D eigenvalue weighted by Gasteiger charge is 2.08. The summed E-state index contributed by atoms with van der Waals surface area (Å²) in [7, 11) is 0. The van der Waals surface area contributed by atoms with Crippen molar-refractivity contribution in [1.29, 1.82) is 0 Å². The van der Waals surface area contributed by atoms with Crippen molar-refractivity contribution < 1.29 is 0 Å². The Morgan fingerprint density at radius 3 is 2.76 bits per heavy atom. The maximum atomic E-state index is 5.69. The number of aromatic nitrogens is 4. The van der Waals surface area contributed by atoms with E-state index in [0.717, 1.165) is 29.8 Å². The quantitative estimate of drug-likeness (QED) is 0.868. The molecule has 0 aliphatic carbocycles. The largest absolute Gasteiger partial charge is 0.368 e. The van der Waals surface area contributed by atoms with E-state index >= 15 is 0 Å². The van der Waals surface area contributed by atoms with E-state index in [1.807, 2.05) is 13.0 Å². The molecule has 0 atom stereocenters. The molecule has 0 radical (unpaired) electrons. The topological polar surface area (TPSA) is 77.6 Å². The van der Waals surface area contributed by atoms with Crippen molar-refractivity contribution >= 4 is 5.95 Å². The Morgan fingerprint density at radius 2 is 2.06 bits per heavy atom. The molecule has 0 amide bonds. The fraction of sp³-hybridized carbons (Fsp3) is 0.333. The summed E-state index contributed by atoms with van der Waals surface area (Å²) in [5, 5.41) is 0. The molecule has 0 fully saturated rings. The third kappa shape index (κ3) is 2.55. The first kappa shape index (κ1) is 11.4. The fourth-order valence-electron chi connectivity index (χ4n) is 1.59. The van der Waals surface area contributed by atoms with Gasteiger partial charge in [-0.15, -0.1) is 0 Å². The monoisotopic (exact) mass is 229 g/mol. The minimum absolute atomic E-state index is 0.265. The zero-order chi connectivity index (χ0) is 12.3. The summed E-state index contributed by atoms with van der Waals surface area (Å²) >= 11 is 0. The summed E-state index contributed by atoms with van der Waals surface area (Å²) in [6.07, 6.45) is 5.28. The van der Waals surface area contributed by atoms with Crippen LogP contribution >= 0.6 is 0 Å². The molecular formula is C12H15N5. The Kier molecular flexibility index (Phi) is 3.27. The summed E-state index contributed by atoms with van der Waals surface area (Å²) in [6.45, 7) is 4.07. The van der Waals surface area contributed by atoms with Gasteiger partial charge < -0.3 is 5.73 Å². The number of hydrogen-bond donors (Lipinski definition) is 1. The van der Waals surface area contributed by atoms with Crippen LogP contribution in [-0.2, 0) is 6.42 Å². The molecule has 2 rings (SSSR count). The van der Waals surface area contributed by atoms with Crippen LogP contribution in [0.5, 0.6) is 0 Å². The number of anilines is 1. The van der Waals surface area contributed by atoms with Crippen LogP contribution in [0, 0.1) is 6.92 Å². The second kappa shape index (κ2) is 4.86. The second-order valence-corrected chi connectivity index (χ2v) is 3.87. The van der Waals surface area contributed by atoms with Crippen molar-refractivity contribution in [2.75, 3.05) is 5.73 Å². The number of aryl methyl sites for hydroxylation is 2. The Labute approximate surface area is 100 Å². The van der Waals surface area contributed by atoms with Crippen LogP contribution in [0.3, 0.4) is 0 Å². The smallest absolute Gasteiger partial charge is 0.223 e. The molecule has 0 aromatic carbocycles. The Balaban J connectivity index is 2.48. The highest BCUT2D eigenvalue weighted by Crippen LogP contribution is 2.18. The molecule has 0 spiro atoms. The molecule has 0 aliphatic rings. The standard InChI is InChI=1S/C12H15N5/c1-3-4-10-15-11(17-12(13)16-10)9-7-14-6-5-8(9)2/h5-7H,3-4H2,1-2H3,(H2,13,15,16,17). The lowest BCUT2D eigenvalue weighted by atomic mass is 10.1. The molecule has 17 heavy (non-hydrogen) atoms. The first-order valence-corrected chi connectivity index (χ1v) is 5.62. The van der Waals surface area contributed by atoms with Gasteiger partial charge >= 0.3 is 0 Å². The lowest BCUT2D eigenvalue weighted by molar-refractivity contribution is 0.824. The maximum Gasteiger partial charge on any atom is 0.223 e. The fourth-order valence-corrected chi connectivity index (χ4v) is 1.59. The highest BCUT2D eigenvalue weighted by atomic mass is 15.1. The number of rotatable bonds is 3. The van der Waals surface area contributed by atoms with Crippen molar-refractivity contribution in [2.24, 2.45) is 0 Å². The van der Waals surface area contributed by atoms with Crippen molar-refractivity contribution in [3.8, 4) is 11.4 Å². The first-order valence-electron chi connectivity index (χ1n) is 5.62. The van der Waals surface area contributed by atoms with E-state index in [1.54, 1.807) is 12.4 Å². The SMILES string of the molecule is CCCc1nc(N)nc(-c2cnccc2C)n1. The number of hydrogen-bond acceptors (Lipinski definition) is 5. The minimum Gasteiger partial charge on any atom is -0.368 e. The van der Waals surface area contributed by atoms with E-state index in [-0.39, 0.29) is 5.95 Å². The number of nitrogen functional groups attached to an aromatic ring is 1. The summed E-state index contributed by atoms with van der Waals surface area (Å²) < 4.78 is 0. The van der Waals surface area contributed by atoms with Crippen LogP contribution in [0.2, 0.25) is 0 Å². The number of nitrogens with two attached hydrogens (primary N) is 1. The van der Waals surface area contributed by atoms with Gasteiger partial charge in [0.25, 0.3) is 0 Å². The Morgan fingerprint density at radius 1 is 1.24 bits per heavy atom. The molecule has 0 unspecified atom stereocenters. The van der Waals surface area contributed by atoms with Crippen LogP contribution in [0.15, 0.2) is 18.5 Å². The molecule has 2 aromatic heterocycles. The Hall–Kier alpha value is -2.04. The zero-order valence-electron chi connectivity index (χ0n) is 10.0. The van der Waals surface area contributed by atoms with Gasteiger partial charge in [-0.3, -0.25) is 4.98 Å². The van der Waals surface area contributed by atoms with Gasteiger partial charge in [0.1, 0.15) is 5.82 Å².